The summed E-state index contributed by atoms with van der Waals surface area (Å²) >= 11 is 1.44. The molecule has 0 unspecified atom stereocenters. The zero-order chi connectivity index (χ0) is 11.5. The standard InChI is InChI=1S/C11H18NO.W/c1-7-9(2)10(3)12(8-13)11(4,5)6;/h1-6H3;/q-1;/b10-9-;. The Kier molecular flexibility index (Phi) is 4.94. The molecule has 14 heavy (non-hydrogen) atoms. The molecule has 0 N–H and O–H groups in total. The molecular formula is C11H18NOW-. The third kappa shape index (κ3) is 3.49. The zero-order valence-corrected chi connectivity index (χ0v) is 12.7. The number of amides is 1. The Balaban J connectivity index is 5.17. The third-order valence-corrected chi connectivity index (χ3v) is 3.27. The monoisotopic (exact) mass is 364 g/mol. The molecular weight excluding hydrogens is 346 g/mol. The van der Waals surface area contributed by atoms with Crippen LogP contribution in [-0.4, -0.2) is 20.7 Å². The van der Waals surface area contributed by atoms with Crippen LogP contribution >= 0.6 is 0 Å². The van der Waals surface area contributed by atoms with Gasteiger partial charge in [-0.1, -0.05) is 0 Å². The summed E-state index contributed by atoms with van der Waals surface area (Å²) in [4.78, 5) is 12.5. The minimum atomic E-state index is -0.197. The van der Waals surface area contributed by atoms with Gasteiger partial charge >= 0.3 is 97.7 Å². The second-order valence-corrected chi connectivity index (χ2v) is 6.56. The van der Waals surface area contributed by atoms with E-state index in [9.17, 15) is 4.79 Å². The zero-order valence-electron chi connectivity index (χ0n) is 9.76. The first kappa shape index (κ1) is 13.8. The number of allylic oxidation sites excluding steroid dienone is 2. The average molecular weight is 364 g/mol. The first-order valence-electron chi connectivity index (χ1n) is 4.58. The molecule has 2 nitrogen and oxygen atoms in total. The van der Waals surface area contributed by atoms with Gasteiger partial charge in [0, 0.05) is 0 Å². The van der Waals surface area contributed by atoms with Crippen LogP contribution in [0.3, 0.4) is 0 Å². The van der Waals surface area contributed by atoms with Gasteiger partial charge < -0.3 is 0 Å². The van der Waals surface area contributed by atoms with Gasteiger partial charge in [0.05, 0.1) is 0 Å². The fourth-order valence-electron chi connectivity index (χ4n) is 1.13. The molecule has 0 spiro atoms. The van der Waals surface area contributed by atoms with Crippen LogP contribution in [-0.2, 0) is 24.1 Å². The number of nitrogens with zero attached hydrogens (tertiary/aromatic N) is 1. The van der Waals surface area contributed by atoms with Crippen molar-refractivity contribution in [1.82, 2.24) is 4.90 Å². The molecule has 80 valence electrons. The summed E-state index contributed by atoms with van der Waals surface area (Å²) in [6.07, 6.45) is 2.00. The SMILES string of the molecule is C[C](=[W])/C(C)=C(/C)N([C-]=O)C(C)(C)C. The Morgan fingerprint density at radius 2 is 1.64 bits per heavy atom. The van der Waals surface area contributed by atoms with E-state index in [-0.39, 0.29) is 5.54 Å². The summed E-state index contributed by atoms with van der Waals surface area (Å²) in [5.74, 6) is 0. The number of hydrogen-bond donors (Lipinski definition) is 0. The molecule has 0 fully saturated rings. The van der Waals surface area contributed by atoms with Crippen molar-refractivity contribution in [2.24, 2.45) is 0 Å². The van der Waals surface area contributed by atoms with E-state index in [0.29, 0.717) is 0 Å². The van der Waals surface area contributed by atoms with E-state index in [1.54, 1.807) is 4.90 Å². The third-order valence-electron chi connectivity index (χ3n) is 2.17. The number of hydrogen-bond acceptors (Lipinski definition) is 1. The van der Waals surface area contributed by atoms with E-state index in [1.807, 2.05) is 41.0 Å². The van der Waals surface area contributed by atoms with Crippen LogP contribution in [0.4, 0.5) is 0 Å². The van der Waals surface area contributed by atoms with Gasteiger partial charge in [-0.05, 0) is 0 Å². The predicted molar refractivity (Wildman–Crippen MR) is 56.3 cm³/mol. The quantitative estimate of drug-likeness (QED) is 0.556. The van der Waals surface area contributed by atoms with Gasteiger partial charge in [-0.25, -0.2) is 0 Å². The molecule has 0 aliphatic heterocycles. The van der Waals surface area contributed by atoms with Gasteiger partial charge in [0.2, 0.25) is 0 Å². The number of rotatable bonds is 3. The first-order chi connectivity index (χ1) is 6.21. The molecule has 0 aromatic heterocycles. The average Bonchev–Trinajstić information content (AvgIpc) is 2.01. The Bertz CT molecular complexity index is 274. The molecule has 0 aliphatic carbocycles. The van der Waals surface area contributed by atoms with Crippen LogP contribution in [0.1, 0.15) is 41.5 Å². The van der Waals surface area contributed by atoms with E-state index in [2.05, 4.69) is 6.92 Å². The van der Waals surface area contributed by atoms with Gasteiger partial charge in [0.15, 0.2) is 0 Å². The van der Waals surface area contributed by atoms with E-state index in [4.69, 9.17) is 0 Å². The summed E-state index contributed by atoms with van der Waals surface area (Å²) in [6.45, 7) is 12.1. The van der Waals surface area contributed by atoms with Crippen LogP contribution < -0.4 is 0 Å². The van der Waals surface area contributed by atoms with Crippen LogP contribution in [0.5, 0.6) is 0 Å². The predicted octanol–water partition coefficient (Wildman–Crippen LogP) is 2.19. The summed E-state index contributed by atoms with van der Waals surface area (Å²) in [6, 6.07) is 0. The second kappa shape index (κ2) is 5.02. The Hall–Kier alpha value is -0.232. The molecule has 1 amide bonds. The molecule has 0 aromatic carbocycles. The molecule has 0 bridgehead atoms. The van der Waals surface area contributed by atoms with Gasteiger partial charge in [-0.15, -0.1) is 0 Å². The van der Waals surface area contributed by atoms with Crippen molar-refractivity contribution in [3.8, 4) is 0 Å². The van der Waals surface area contributed by atoms with E-state index in [1.165, 1.54) is 28.8 Å². The van der Waals surface area contributed by atoms with Crippen molar-refractivity contribution < 1.29 is 24.1 Å². The Morgan fingerprint density at radius 1 is 1.21 bits per heavy atom. The fourth-order valence-corrected chi connectivity index (χ4v) is 1.66. The number of carbonyl (C=O) groups excluding carboxylic acids is 1. The van der Waals surface area contributed by atoms with E-state index < -0.39 is 0 Å². The van der Waals surface area contributed by atoms with Crippen molar-refractivity contribution in [1.29, 1.82) is 0 Å². The van der Waals surface area contributed by atoms with Crippen molar-refractivity contribution in [3.63, 3.8) is 0 Å². The summed E-state index contributed by atoms with van der Waals surface area (Å²) in [5.41, 5.74) is 2.00. The summed E-state index contributed by atoms with van der Waals surface area (Å²) in [5, 5.41) is 0. The molecule has 0 atom stereocenters. The van der Waals surface area contributed by atoms with Gasteiger partial charge in [-0.2, -0.15) is 0 Å². The van der Waals surface area contributed by atoms with Crippen molar-refractivity contribution >= 4 is 10.3 Å². The van der Waals surface area contributed by atoms with Crippen LogP contribution in [0, 0.1) is 0 Å². The fraction of sp³-hybridized carbons (Fsp3) is 0.636. The van der Waals surface area contributed by atoms with Crippen LogP contribution in [0.25, 0.3) is 0 Å². The maximum absolute atomic E-state index is 10.9. The molecule has 0 rings (SSSR count). The minimum absolute atomic E-state index is 0.197. The first-order valence-corrected chi connectivity index (χ1v) is 6.05. The van der Waals surface area contributed by atoms with Crippen molar-refractivity contribution in [2.45, 2.75) is 47.1 Å². The van der Waals surface area contributed by atoms with Crippen LogP contribution in [0.2, 0.25) is 0 Å². The van der Waals surface area contributed by atoms with Gasteiger partial charge in [0.25, 0.3) is 0 Å². The molecule has 0 heterocycles. The van der Waals surface area contributed by atoms with Gasteiger partial charge in [-0.3, -0.25) is 0 Å². The topological polar surface area (TPSA) is 20.3 Å². The maximum atomic E-state index is 10.9. The normalized spacial score (nSPS) is 13.3. The molecule has 3 heteroatoms. The van der Waals surface area contributed by atoms with Crippen molar-refractivity contribution in [3.05, 3.63) is 11.3 Å². The molecule has 0 saturated carbocycles. The summed E-state index contributed by atoms with van der Waals surface area (Å²) < 4.78 is 1.31. The van der Waals surface area contributed by atoms with Gasteiger partial charge in [0.1, 0.15) is 0 Å². The second-order valence-electron chi connectivity index (χ2n) is 4.36. The molecule has 0 aromatic rings. The van der Waals surface area contributed by atoms with Crippen molar-refractivity contribution in [2.75, 3.05) is 0 Å². The van der Waals surface area contributed by atoms with Crippen LogP contribution in [0.15, 0.2) is 11.3 Å². The Morgan fingerprint density at radius 3 is 1.86 bits per heavy atom. The van der Waals surface area contributed by atoms with E-state index in [0.717, 1.165) is 5.70 Å². The summed E-state index contributed by atoms with van der Waals surface area (Å²) in [7, 11) is 0. The molecule has 0 aliphatic rings. The Labute approximate surface area is 97.8 Å². The van der Waals surface area contributed by atoms with E-state index >= 15 is 0 Å². The molecule has 0 radical (unpaired) electrons. The molecule has 0 saturated heterocycles.